The fourth-order valence-corrected chi connectivity index (χ4v) is 3.26. The fraction of sp³-hybridized carbons (Fsp3) is 0.727. The highest BCUT2D eigenvalue weighted by Crippen LogP contribution is 2.36. The van der Waals surface area contributed by atoms with Crippen molar-refractivity contribution in [1.82, 2.24) is 4.98 Å². The van der Waals surface area contributed by atoms with Crippen LogP contribution < -0.4 is 5.73 Å². The van der Waals surface area contributed by atoms with Gasteiger partial charge in [-0.1, -0.05) is 13.8 Å². The minimum Gasteiger partial charge on any atom is -0.330 e. The fourth-order valence-electron chi connectivity index (χ4n) is 2.00. The first-order valence-electron chi connectivity index (χ1n) is 5.42. The lowest BCUT2D eigenvalue weighted by molar-refractivity contribution is 0.563. The zero-order chi connectivity index (χ0) is 10.1. The lowest BCUT2D eigenvalue weighted by atomic mass is 9.92. The average molecular weight is 210 g/mol. The molecule has 1 atom stereocenters. The summed E-state index contributed by atoms with van der Waals surface area (Å²) in [4.78, 5) is 6.19. The van der Waals surface area contributed by atoms with Crippen molar-refractivity contribution in [1.29, 1.82) is 0 Å². The molecular formula is C11H18N2S. The second-order valence-electron chi connectivity index (χ2n) is 4.34. The molecule has 0 spiro atoms. The zero-order valence-corrected chi connectivity index (χ0v) is 9.73. The van der Waals surface area contributed by atoms with Gasteiger partial charge in [0.1, 0.15) is 0 Å². The van der Waals surface area contributed by atoms with Crippen molar-refractivity contribution in [2.75, 3.05) is 6.54 Å². The van der Waals surface area contributed by atoms with Crippen LogP contribution in [0, 0.1) is 0 Å². The summed E-state index contributed by atoms with van der Waals surface area (Å²) < 4.78 is 0. The Kier molecular flexibility index (Phi) is 2.88. The molecule has 0 aromatic carbocycles. The summed E-state index contributed by atoms with van der Waals surface area (Å²) in [6.07, 6.45) is 3.68. The molecule has 0 bridgehead atoms. The van der Waals surface area contributed by atoms with Crippen LogP contribution in [0.15, 0.2) is 0 Å². The second kappa shape index (κ2) is 3.99. The maximum absolute atomic E-state index is 5.78. The van der Waals surface area contributed by atoms with E-state index < -0.39 is 0 Å². The number of thiazole rings is 1. The van der Waals surface area contributed by atoms with Gasteiger partial charge in [0.2, 0.25) is 0 Å². The third kappa shape index (κ3) is 1.71. The van der Waals surface area contributed by atoms with Crippen molar-refractivity contribution in [2.45, 2.75) is 44.9 Å². The normalized spacial score (nSPS) is 21.3. The molecule has 1 aromatic rings. The maximum Gasteiger partial charge on any atom is 0.0956 e. The van der Waals surface area contributed by atoms with E-state index in [1.807, 2.05) is 11.3 Å². The van der Waals surface area contributed by atoms with Crippen molar-refractivity contribution in [2.24, 2.45) is 5.73 Å². The Morgan fingerprint density at radius 2 is 2.36 bits per heavy atom. The van der Waals surface area contributed by atoms with Crippen LogP contribution in [0.4, 0.5) is 0 Å². The number of nitrogens with zero attached hydrogens (tertiary/aromatic N) is 1. The van der Waals surface area contributed by atoms with Gasteiger partial charge in [-0.2, -0.15) is 0 Å². The van der Waals surface area contributed by atoms with Crippen LogP contribution in [0.1, 0.15) is 54.1 Å². The summed E-state index contributed by atoms with van der Waals surface area (Å²) in [5.74, 6) is 1.15. The number of aryl methyl sites for hydroxylation is 1. The van der Waals surface area contributed by atoms with Crippen LogP contribution in [-0.2, 0) is 6.42 Å². The molecule has 2 rings (SSSR count). The van der Waals surface area contributed by atoms with Crippen molar-refractivity contribution in [3.8, 4) is 0 Å². The van der Waals surface area contributed by atoms with E-state index >= 15 is 0 Å². The third-order valence-electron chi connectivity index (χ3n) is 2.86. The first-order chi connectivity index (χ1) is 6.72. The van der Waals surface area contributed by atoms with Crippen LogP contribution in [0.25, 0.3) is 0 Å². The van der Waals surface area contributed by atoms with E-state index in [0.29, 0.717) is 11.8 Å². The smallest absolute Gasteiger partial charge is 0.0956 e. The molecule has 1 aromatic heterocycles. The lowest BCUT2D eigenvalue weighted by Gasteiger charge is -2.18. The first-order valence-corrected chi connectivity index (χ1v) is 6.23. The van der Waals surface area contributed by atoms with Gasteiger partial charge in [0.25, 0.3) is 0 Å². The zero-order valence-electron chi connectivity index (χ0n) is 8.92. The van der Waals surface area contributed by atoms with E-state index in [2.05, 4.69) is 13.8 Å². The Bertz CT molecular complexity index is 317. The first kappa shape index (κ1) is 10.1. The van der Waals surface area contributed by atoms with Gasteiger partial charge in [-0.05, 0) is 19.3 Å². The monoisotopic (exact) mass is 210 g/mol. The summed E-state index contributed by atoms with van der Waals surface area (Å²) in [5.41, 5.74) is 7.12. The van der Waals surface area contributed by atoms with Gasteiger partial charge in [0.05, 0.1) is 10.7 Å². The Balaban J connectivity index is 2.33. The molecule has 3 heteroatoms. The number of hydrogen-bond acceptors (Lipinski definition) is 3. The summed E-state index contributed by atoms with van der Waals surface area (Å²) in [5, 5.41) is 1.29. The van der Waals surface area contributed by atoms with Gasteiger partial charge in [-0.3, -0.25) is 0 Å². The Labute approximate surface area is 89.5 Å². The standard InChI is InChI=1S/C11H18N2S/c1-7(2)11-13-9-5-3-4-8(6-12)10(9)14-11/h7-8H,3-6,12H2,1-2H3. The molecule has 0 fully saturated rings. The molecule has 14 heavy (non-hydrogen) atoms. The molecular weight excluding hydrogens is 192 g/mol. The third-order valence-corrected chi connectivity index (χ3v) is 4.42. The van der Waals surface area contributed by atoms with Crippen LogP contribution in [-0.4, -0.2) is 11.5 Å². The van der Waals surface area contributed by atoms with Gasteiger partial charge in [0, 0.05) is 23.3 Å². The van der Waals surface area contributed by atoms with E-state index in [4.69, 9.17) is 10.7 Å². The molecule has 0 saturated heterocycles. The van der Waals surface area contributed by atoms with Gasteiger partial charge in [-0.15, -0.1) is 11.3 Å². The summed E-state index contributed by atoms with van der Waals surface area (Å²) in [6.45, 7) is 5.20. The second-order valence-corrected chi connectivity index (χ2v) is 5.40. The van der Waals surface area contributed by atoms with Gasteiger partial charge < -0.3 is 5.73 Å². The largest absolute Gasteiger partial charge is 0.330 e. The summed E-state index contributed by atoms with van der Waals surface area (Å²) >= 11 is 1.88. The quantitative estimate of drug-likeness (QED) is 0.815. The molecule has 0 aliphatic heterocycles. The molecule has 78 valence electrons. The van der Waals surface area contributed by atoms with Crippen LogP contribution in [0.2, 0.25) is 0 Å². The predicted molar refractivity (Wildman–Crippen MR) is 60.9 cm³/mol. The highest BCUT2D eigenvalue weighted by atomic mass is 32.1. The van der Waals surface area contributed by atoms with Gasteiger partial charge in [-0.25, -0.2) is 4.98 Å². The molecule has 1 aliphatic carbocycles. The van der Waals surface area contributed by atoms with E-state index in [-0.39, 0.29) is 0 Å². The number of fused-ring (bicyclic) bond motifs is 1. The maximum atomic E-state index is 5.78. The highest BCUT2D eigenvalue weighted by molar-refractivity contribution is 7.12. The van der Waals surface area contributed by atoms with E-state index in [9.17, 15) is 0 Å². The molecule has 2 nitrogen and oxygen atoms in total. The molecule has 1 heterocycles. The van der Waals surface area contributed by atoms with Crippen LogP contribution in [0.5, 0.6) is 0 Å². The summed E-state index contributed by atoms with van der Waals surface area (Å²) in [7, 11) is 0. The van der Waals surface area contributed by atoms with Crippen LogP contribution >= 0.6 is 11.3 Å². The summed E-state index contributed by atoms with van der Waals surface area (Å²) in [6, 6.07) is 0. The number of aromatic nitrogens is 1. The van der Waals surface area contributed by atoms with E-state index in [0.717, 1.165) is 13.0 Å². The Morgan fingerprint density at radius 3 is 3.00 bits per heavy atom. The SMILES string of the molecule is CC(C)c1nc2c(s1)C(CN)CCC2. The van der Waals surface area contributed by atoms with Crippen molar-refractivity contribution >= 4 is 11.3 Å². The molecule has 0 saturated carbocycles. The van der Waals surface area contributed by atoms with Gasteiger partial charge >= 0.3 is 0 Å². The van der Waals surface area contributed by atoms with E-state index in [1.54, 1.807) is 0 Å². The predicted octanol–water partition coefficient (Wildman–Crippen LogP) is 2.65. The van der Waals surface area contributed by atoms with Crippen molar-refractivity contribution < 1.29 is 0 Å². The van der Waals surface area contributed by atoms with E-state index in [1.165, 1.54) is 28.4 Å². The topological polar surface area (TPSA) is 38.9 Å². The Hall–Kier alpha value is -0.410. The molecule has 0 amide bonds. The average Bonchev–Trinajstić information content (AvgIpc) is 2.60. The minimum atomic E-state index is 0.559. The molecule has 1 unspecified atom stereocenters. The Morgan fingerprint density at radius 1 is 1.57 bits per heavy atom. The number of rotatable bonds is 2. The highest BCUT2D eigenvalue weighted by Gasteiger charge is 2.23. The van der Waals surface area contributed by atoms with Crippen LogP contribution in [0.3, 0.4) is 0 Å². The number of hydrogen-bond donors (Lipinski definition) is 1. The number of nitrogens with two attached hydrogens (primary N) is 1. The van der Waals surface area contributed by atoms with Crippen molar-refractivity contribution in [3.63, 3.8) is 0 Å². The molecule has 0 radical (unpaired) electrons. The molecule has 2 N–H and O–H groups in total. The minimum absolute atomic E-state index is 0.559. The van der Waals surface area contributed by atoms with Crippen molar-refractivity contribution in [3.05, 3.63) is 15.6 Å². The lowest BCUT2D eigenvalue weighted by Crippen LogP contribution is -2.16. The van der Waals surface area contributed by atoms with Gasteiger partial charge in [0.15, 0.2) is 0 Å². The molecule has 1 aliphatic rings.